The van der Waals surface area contributed by atoms with Gasteiger partial charge in [-0.3, -0.25) is 14.8 Å². The van der Waals surface area contributed by atoms with Gasteiger partial charge in [0.15, 0.2) is 0 Å². The quantitative estimate of drug-likeness (QED) is 0.927. The number of hydrogen-bond donors (Lipinski definition) is 1. The minimum absolute atomic E-state index is 0.109. The molecule has 0 radical (unpaired) electrons. The molecule has 1 amide bonds. The lowest BCUT2D eigenvalue weighted by molar-refractivity contribution is -0.143. The third-order valence-electron chi connectivity index (χ3n) is 6.54. The molecule has 1 aromatic rings. The summed E-state index contributed by atoms with van der Waals surface area (Å²) in [5.41, 5.74) is 2.61. The molecule has 1 aliphatic carbocycles. The highest BCUT2D eigenvalue weighted by molar-refractivity contribution is 5.83. The van der Waals surface area contributed by atoms with E-state index in [0.717, 1.165) is 45.4 Å². The van der Waals surface area contributed by atoms with Gasteiger partial charge in [0.05, 0.1) is 11.6 Å². The Bertz CT molecular complexity index is 592. The lowest BCUT2D eigenvalue weighted by Gasteiger charge is -2.37. The number of amides is 1. The van der Waals surface area contributed by atoms with Gasteiger partial charge in [0.25, 0.3) is 0 Å². The van der Waals surface area contributed by atoms with Crippen molar-refractivity contribution in [1.29, 1.82) is 0 Å². The maximum absolute atomic E-state index is 12.7. The zero-order chi connectivity index (χ0) is 16.6. The summed E-state index contributed by atoms with van der Waals surface area (Å²) in [6.45, 7) is 3.83. The molecule has 24 heavy (non-hydrogen) atoms. The fraction of sp³-hybridized carbons (Fsp3) is 0.789. The number of aromatic nitrogens is 2. The molecule has 3 heterocycles. The fourth-order valence-electron chi connectivity index (χ4n) is 5.17. The number of carbonyl (C=O) groups excluding carboxylic acids is 1. The second-order valence-corrected chi connectivity index (χ2v) is 8.22. The lowest BCUT2D eigenvalue weighted by atomic mass is 9.78. The first-order chi connectivity index (χ1) is 11.7. The molecule has 0 aromatic carbocycles. The van der Waals surface area contributed by atoms with Crippen LogP contribution in [-0.2, 0) is 11.3 Å². The Labute approximate surface area is 144 Å². The molecule has 2 saturated heterocycles. The number of H-pyrrole nitrogens is 1. The van der Waals surface area contributed by atoms with Gasteiger partial charge in [-0.2, -0.15) is 5.10 Å². The van der Waals surface area contributed by atoms with Crippen LogP contribution >= 0.6 is 0 Å². The lowest BCUT2D eigenvalue weighted by Crippen LogP contribution is -2.48. The number of piperidine rings is 1. The zero-order valence-electron chi connectivity index (χ0n) is 14.9. The van der Waals surface area contributed by atoms with E-state index < -0.39 is 0 Å². The molecular formula is C19H30N4O. The summed E-state index contributed by atoms with van der Waals surface area (Å²) in [4.78, 5) is 17.1. The Morgan fingerprint density at radius 1 is 1.21 bits per heavy atom. The Balaban J connectivity index is 1.44. The molecular weight excluding hydrogens is 300 g/mol. The summed E-state index contributed by atoms with van der Waals surface area (Å²) in [7, 11) is 1.96. The van der Waals surface area contributed by atoms with Gasteiger partial charge in [-0.15, -0.1) is 0 Å². The van der Waals surface area contributed by atoms with Gasteiger partial charge in [0, 0.05) is 43.9 Å². The third-order valence-corrected chi connectivity index (χ3v) is 6.54. The molecule has 2 aliphatic heterocycles. The zero-order valence-corrected chi connectivity index (χ0v) is 14.9. The molecule has 1 unspecified atom stereocenters. The van der Waals surface area contributed by atoms with Crippen molar-refractivity contribution in [3.63, 3.8) is 0 Å². The first-order valence-corrected chi connectivity index (χ1v) is 9.68. The van der Waals surface area contributed by atoms with Gasteiger partial charge >= 0.3 is 0 Å². The van der Waals surface area contributed by atoms with E-state index in [1.54, 1.807) is 0 Å². The molecule has 1 atom stereocenters. The van der Waals surface area contributed by atoms with Crippen molar-refractivity contribution in [1.82, 2.24) is 20.0 Å². The van der Waals surface area contributed by atoms with Crippen molar-refractivity contribution in [2.45, 2.75) is 63.8 Å². The maximum Gasteiger partial charge on any atom is 0.229 e. The average molecular weight is 330 g/mol. The highest BCUT2D eigenvalue weighted by atomic mass is 16.2. The number of carbonyl (C=O) groups is 1. The Morgan fingerprint density at radius 3 is 2.88 bits per heavy atom. The van der Waals surface area contributed by atoms with E-state index in [1.165, 1.54) is 43.4 Å². The van der Waals surface area contributed by atoms with E-state index in [0.29, 0.717) is 11.8 Å². The van der Waals surface area contributed by atoms with Crippen LogP contribution in [0.2, 0.25) is 0 Å². The second kappa shape index (κ2) is 6.51. The summed E-state index contributed by atoms with van der Waals surface area (Å²) < 4.78 is 0. The fourth-order valence-corrected chi connectivity index (χ4v) is 5.17. The standard InChI is InChI=1S/C19H30N4O/c1-22-10-5-8-19(18(22)24)9-11-23(14-19)13-16-12-20-21-17(16)15-6-3-2-4-7-15/h12,15H,2-11,13-14H2,1H3,(H,20,21). The van der Waals surface area contributed by atoms with Crippen molar-refractivity contribution < 1.29 is 4.79 Å². The summed E-state index contributed by atoms with van der Waals surface area (Å²) in [6, 6.07) is 0. The number of nitrogens with zero attached hydrogens (tertiary/aromatic N) is 3. The Morgan fingerprint density at radius 2 is 2.04 bits per heavy atom. The molecule has 5 nitrogen and oxygen atoms in total. The molecule has 1 saturated carbocycles. The van der Waals surface area contributed by atoms with Crippen LogP contribution in [-0.4, -0.2) is 52.6 Å². The van der Waals surface area contributed by atoms with Crippen LogP contribution < -0.4 is 0 Å². The SMILES string of the molecule is CN1CCCC2(CCN(Cc3cn[nH]c3C3CCCCC3)C2)C1=O. The average Bonchev–Trinajstić information content (AvgIpc) is 3.22. The normalized spacial score (nSPS) is 29.7. The van der Waals surface area contributed by atoms with Crippen molar-refractivity contribution in [2.75, 3.05) is 26.7 Å². The third kappa shape index (κ3) is 2.87. The summed E-state index contributed by atoms with van der Waals surface area (Å²) >= 11 is 0. The summed E-state index contributed by atoms with van der Waals surface area (Å²) in [5.74, 6) is 1.03. The predicted octanol–water partition coefficient (Wildman–Crippen LogP) is 2.90. The maximum atomic E-state index is 12.7. The molecule has 132 valence electrons. The summed E-state index contributed by atoms with van der Waals surface area (Å²) in [5, 5.41) is 7.63. The smallest absolute Gasteiger partial charge is 0.229 e. The van der Waals surface area contributed by atoms with Crippen molar-refractivity contribution >= 4 is 5.91 Å². The first kappa shape index (κ1) is 16.1. The van der Waals surface area contributed by atoms with Crippen LogP contribution in [0.4, 0.5) is 0 Å². The minimum Gasteiger partial charge on any atom is -0.345 e. The number of rotatable bonds is 3. The second-order valence-electron chi connectivity index (χ2n) is 8.22. The Kier molecular flexibility index (Phi) is 4.37. The highest BCUT2D eigenvalue weighted by Crippen LogP contribution is 2.41. The monoisotopic (exact) mass is 330 g/mol. The van der Waals surface area contributed by atoms with E-state index in [9.17, 15) is 4.79 Å². The number of aromatic amines is 1. The predicted molar refractivity (Wildman–Crippen MR) is 93.6 cm³/mol. The van der Waals surface area contributed by atoms with Crippen molar-refractivity contribution in [3.05, 3.63) is 17.5 Å². The molecule has 1 spiro atoms. The van der Waals surface area contributed by atoms with E-state index >= 15 is 0 Å². The highest BCUT2D eigenvalue weighted by Gasteiger charge is 2.47. The molecule has 3 aliphatic rings. The van der Waals surface area contributed by atoms with Crippen LogP contribution in [0.5, 0.6) is 0 Å². The topological polar surface area (TPSA) is 52.2 Å². The van der Waals surface area contributed by atoms with Crippen LogP contribution in [0.3, 0.4) is 0 Å². The van der Waals surface area contributed by atoms with Gasteiger partial charge in [-0.05, 0) is 38.6 Å². The molecule has 3 fully saturated rings. The van der Waals surface area contributed by atoms with E-state index in [1.807, 2.05) is 18.1 Å². The number of nitrogens with one attached hydrogen (secondary N) is 1. The molecule has 5 heteroatoms. The van der Waals surface area contributed by atoms with Gasteiger partial charge < -0.3 is 4.90 Å². The van der Waals surface area contributed by atoms with Gasteiger partial charge in [-0.1, -0.05) is 19.3 Å². The molecule has 0 bridgehead atoms. The molecule has 4 rings (SSSR count). The van der Waals surface area contributed by atoms with Crippen molar-refractivity contribution in [2.24, 2.45) is 5.41 Å². The number of hydrogen-bond acceptors (Lipinski definition) is 3. The minimum atomic E-state index is -0.109. The summed E-state index contributed by atoms with van der Waals surface area (Å²) in [6.07, 6.45) is 11.9. The van der Waals surface area contributed by atoms with E-state index in [2.05, 4.69) is 15.1 Å². The van der Waals surface area contributed by atoms with Gasteiger partial charge in [0.2, 0.25) is 5.91 Å². The van der Waals surface area contributed by atoms with Crippen LogP contribution in [0.25, 0.3) is 0 Å². The van der Waals surface area contributed by atoms with Gasteiger partial charge in [-0.25, -0.2) is 0 Å². The van der Waals surface area contributed by atoms with Crippen LogP contribution in [0, 0.1) is 5.41 Å². The van der Waals surface area contributed by atoms with Crippen LogP contribution in [0.15, 0.2) is 6.20 Å². The van der Waals surface area contributed by atoms with E-state index in [4.69, 9.17) is 0 Å². The van der Waals surface area contributed by atoms with Gasteiger partial charge in [0.1, 0.15) is 0 Å². The Hall–Kier alpha value is -1.36. The first-order valence-electron chi connectivity index (χ1n) is 9.68. The van der Waals surface area contributed by atoms with E-state index in [-0.39, 0.29) is 5.41 Å². The molecule has 1 N–H and O–H groups in total. The van der Waals surface area contributed by atoms with Crippen molar-refractivity contribution in [3.8, 4) is 0 Å². The molecule has 1 aromatic heterocycles. The van der Waals surface area contributed by atoms with Crippen LogP contribution in [0.1, 0.15) is 68.5 Å². The largest absolute Gasteiger partial charge is 0.345 e. The number of likely N-dealkylation sites (tertiary alicyclic amines) is 2.